The third-order valence-electron chi connectivity index (χ3n) is 8.11. The van der Waals surface area contributed by atoms with Crippen molar-refractivity contribution in [1.82, 2.24) is 0 Å². The third kappa shape index (κ3) is 5.76. The van der Waals surface area contributed by atoms with Gasteiger partial charge in [0.1, 0.15) is 0 Å². The molecule has 0 spiro atoms. The summed E-state index contributed by atoms with van der Waals surface area (Å²) in [6.07, 6.45) is 31.9. The van der Waals surface area contributed by atoms with Crippen molar-refractivity contribution in [2.45, 2.75) is 79.1 Å². The molecule has 4 heteroatoms. The van der Waals surface area contributed by atoms with Crippen molar-refractivity contribution in [3.05, 3.63) is 124 Å². The second kappa shape index (κ2) is 12.4. The second-order valence-corrected chi connectivity index (χ2v) is 11.5. The van der Waals surface area contributed by atoms with Crippen molar-refractivity contribution in [2.75, 3.05) is 0 Å². The first-order valence-corrected chi connectivity index (χ1v) is 15.7. The van der Waals surface area contributed by atoms with Crippen molar-refractivity contribution in [1.29, 1.82) is 0 Å². The van der Waals surface area contributed by atoms with Crippen molar-refractivity contribution in [3.63, 3.8) is 0 Å². The molecule has 0 N–H and O–H groups in total. The zero-order valence-electron chi connectivity index (χ0n) is 25.4. The largest absolute Gasteiger partial charge is 0.249 e. The van der Waals surface area contributed by atoms with E-state index in [1.165, 1.54) is 28.7 Å². The van der Waals surface area contributed by atoms with Crippen molar-refractivity contribution in [2.24, 2.45) is 20.0 Å². The number of aryl methyl sites for hydroxylation is 1. The first kappa shape index (κ1) is 28.0. The average molecular weight is 553 g/mol. The number of fused-ring (bicyclic) bond motifs is 4. The molecule has 8 bridgehead atoms. The van der Waals surface area contributed by atoms with Gasteiger partial charge in [0.05, 0.1) is 45.6 Å². The first-order chi connectivity index (χ1) is 20.6. The van der Waals surface area contributed by atoms with Gasteiger partial charge in [0, 0.05) is 5.57 Å². The molecule has 0 saturated carbocycles. The van der Waals surface area contributed by atoms with E-state index in [9.17, 15) is 0 Å². The number of hydrogen-bond acceptors (Lipinski definition) is 4. The molecule has 212 valence electrons. The summed E-state index contributed by atoms with van der Waals surface area (Å²) < 4.78 is 0. The van der Waals surface area contributed by atoms with Gasteiger partial charge in [-0.2, -0.15) is 0 Å². The van der Waals surface area contributed by atoms with Crippen molar-refractivity contribution in [3.8, 4) is 0 Å². The van der Waals surface area contributed by atoms with Gasteiger partial charge in [-0.15, -0.1) is 0 Å². The Hall–Kier alpha value is -4.18. The Kier molecular flexibility index (Phi) is 8.23. The van der Waals surface area contributed by atoms with Crippen LogP contribution in [0.4, 0.5) is 0 Å². The molecule has 0 fully saturated rings. The standard InChI is InChI=1S/C38H40N4/c1-5-9-25-19-36(35(12-8-4)34(11-7-3)33(25)10-6-2)37-23-32-22-30-16-15-28(40-30)20-26-13-14-27(39-26)21-29-17-18-31(41-29)24-38(37)42-32/h13-24H,5-12H2,1-4H3. The van der Waals surface area contributed by atoms with Crippen molar-refractivity contribution < 1.29 is 0 Å². The van der Waals surface area contributed by atoms with Gasteiger partial charge < -0.3 is 0 Å². The van der Waals surface area contributed by atoms with Crippen LogP contribution in [-0.2, 0) is 25.7 Å². The Morgan fingerprint density at radius 2 is 0.952 bits per heavy atom. The highest BCUT2D eigenvalue weighted by Gasteiger charge is 2.24. The quantitative estimate of drug-likeness (QED) is 0.294. The fraction of sp³-hybridized carbons (Fsp3) is 0.316. The Morgan fingerprint density at radius 3 is 1.52 bits per heavy atom. The van der Waals surface area contributed by atoms with Crippen molar-refractivity contribution >= 4 is 28.4 Å². The first-order valence-electron chi connectivity index (χ1n) is 15.7. The molecular formula is C38H40N4. The maximum atomic E-state index is 5.18. The van der Waals surface area contributed by atoms with Gasteiger partial charge in [-0.1, -0.05) is 59.4 Å². The van der Waals surface area contributed by atoms with E-state index in [1.54, 1.807) is 11.1 Å². The molecule has 0 aromatic heterocycles. The Balaban J connectivity index is 1.54. The molecule has 5 aliphatic heterocycles. The minimum Gasteiger partial charge on any atom is -0.249 e. The lowest BCUT2D eigenvalue weighted by Gasteiger charge is -2.23. The maximum Gasteiger partial charge on any atom is 0.0737 e. The Labute approximate surface area is 250 Å². The molecule has 6 rings (SSSR count). The minimum absolute atomic E-state index is 0.896. The van der Waals surface area contributed by atoms with Crippen LogP contribution in [0.25, 0.3) is 5.57 Å². The van der Waals surface area contributed by atoms with Gasteiger partial charge in [-0.25, -0.2) is 20.0 Å². The summed E-state index contributed by atoms with van der Waals surface area (Å²) in [4.78, 5) is 19.7. The lowest BCUT2D eigenvalue weighted by atomic mass is 9.81. The molecule has 5 aliphatic rings. The molecule has 1 aromatic rings. The summed E-state index contributed by atoms with van der Waals surface area (Å²) in [6.45, 7) is 9.21. The number of rotatable bonds is 9. The number of aliphatic imine (C=N–C) groups is 4. The summed E-state index contributed by atoms with van der Waals surface area (Å²) in [5, 5.41) is 0. The van der Waals surface area contributed by atoms with Gasteiger partial charge in [0.25, 0.3) is 0 Å². The Morgan fingerprint density at radius 1 is 0.452 bits per heavy atom. The molecular weight excluding hydrogens is 512 g/mol. The van der Waals surface area contributed by atoms with Gasteiger partial charge in [-0.05, 0) is 120 Å². The van der Waals surface area contributed by atoms with Gasteiger partial charge >= 0.3 is 0 Å². The average Bonchev–Trinajstić information content (AvgIpc) is 3.78. The summed E-state index contributed by atoms with van der Waals surface area (Å²) in [6, 6.07) is 2.50. The highest BCUT2D eigenvalue weighted by atomic mass is 14.8. The lowest BCUT2D eigenvalue weighted by Crippen LogP contribution is -2.09. The zero-order valence-corrected chi connectivity index (χ0v) is 25.4. The number of allylic oxidation sites excluding steroid dienone is 12. The van der Waals surface area contributed by atoms with Crippen LogP contribution in [-0.4, -0.2) is 22.8 Å². The van der Waals surface area contributed by atoms with Crippen LogP contribution >= 0.6 is 0 Å². The predicted octanol–water partition coefficient (Wildman–Crippen LogP) is 8.92. The molecule has 0 atom stereocenters. The van der Waals surface area contributed by atoms with E-state index in [2.05, 4.69) is 70.2 Å². The molecule has 5 heterocycles. The molecule has 0 saturated heterocycles. The fourth-order valence-electron chi connectivity index (χ4n) is 6.38. The fourth-order valence-corrected chi connectivity index (χ4v) is 6.38. The number of benzene rings is 1. The van der Waals surface area contributed by atoms with E-state index >= 15 is 0 Å². The van der Waals surface area contributed by atoms with Gasteiger partial charge in [-0.3, -0.25) is 0 Å². The molecule has 0 aliphatic carbocycles. The number of nitrogens with zero attached hydrogens (tertiary/aromatic N) is 4. The number of hydrogen-bond donors (Lipinski definition) is 0. The summed E-state index contributed by atoms with van der Waals surface area (Å²) in [7, 11) is 0. The van der Waals surface area contributed by atoms with Crippen LogP contribution in [0, 0.1) is 0 Å². The lowest BCUT2D eigenvalue weighted by molar-refractivity contribution is 0.799. The van der Waals surface area contributed by atoms with Gasteiger partial charge in [0.15, 0.2) is 0 Å². The van der Waals surface area contributed by atoms with Crippen LogP contribution in [0.1, 0.15) is 81.2 Å². The zero-order chi connectivity index (χ0) is 29.1. The molecule has 1 aromatic carbocycles. The molecule has 4 nitrogen and oxygen atoms in total. The third-order valence-corrected chi connectivity index (χ3v) is 8.11. The van der Waals surface area contributed by atoms with E-state index < -0.39 is 0 Å². The van der Waals surface area contributed by atoms with Crippen LogP contribution < -0.4 is 0 Å². The highest BCUT2D eigenvalue weighted by Crippen LogP contribution is 2.38. The summed E-state index contributed by atoms with van der Waals surface area (Å²) in [5.74, 6) is 0. The van der Waals surface area contributed by atoms with E-state index in [-0.39, 0.29) is 0 Å². The van der Waals surface area contributed by atoms with Crippen LogP contribution in [0.2, 0.25) is 0 Å². The minimum atomic E-state index is 0.896. The van der Waals surface area contributed by atoms with E-state index in [0.717, 1.165) is 90.6 Å². The smallest absolute Gasteiger partial charge is 0.0737 e. The predicted molar refractivity (Wildman–Crippen MR) is 180 cm³/mol. The topological polar surface area (TPSA) is 49.4 Å². The highest BCUT2D eigenvalue weighted by molar-refractivity contribution is 6.19. The second-order valence-electron chi connectivity index (χ2n) is 11.5. The van der Waals surface area contributed by atoms with Crippen LogP contribution in [0.15, 0.2) is 116 Å². The molecule has 0 unspecified atom stereocenters. The normalized spacial score (nSPS) is 18.3. The SMILES string of the molecule is CCCc1cc(C2=CC3=NC2=CC2=NC(=CC4=NC(=CC5=NC(=C3)C=C5)C=C4)C=C2)c(CCC)c(CCC)c1CCC. The monoisotopic (exact) mass is 552 g/mol. The molecule has 42 heavy (non-hydrogen) atoms. The van der Waals surface area contributed by atoms with Gasteiger partial charge in [0.2, 0.25) is 0 Å². The van der Waals surface area contributed by atoms with E-state index in [1.807, 2.05) is 30.4 Å². The van der Waals surface area contributed by atoms with Crippen LogP contribution in [0.3, 0.4) is 0 Å². The molecule has 0 amide bonds. The summed E-state index contributed by atoms with van der Waals surface area (Å²) in [5.41, 5.74) is 16.0. The Bertz CT molecular complexity index is 1690. The summed E-state index contributed by atoms with van der Waals surface area (Å²) >= 11 is 0. The van der Waals surface area contributed by atoms with E-state index in [4.69, 9.17) is 20.0 Å². The molecule has 0 radical (unpaired) electrons. The maximum absolute atomic E-state index is 5.18. The van der Waals surface area contributed by atoms with E-state index in [0.29, 0.717) is 0 Å². The van der Waals surface area contributed by atoms with Crippen LogP contribution in [0.5, 0.6) is 0 Å².